The van der Waals surface area contributed by atoms with Crippen LogP contribution in [0.5, 0.6) is 5.88 Å². The third-order valence-corrected chi connectivity index (χ3v) is 6.98. The first-order valence-electron chi connectivity index (χ1n) is 10.6. The zero-order valence-corrected chi connectivity index (χ0v) is 17.5. The van der Waals surface area contributed by atoms with Crippen molar-refractivity contribution < 1.29 is 22.7 Å². The number of carbonyl (C=O) groups excluding carboxylic acids is 1. The van der Waals surface area contributed by atoms with Crippen LogP contribution in [-0.2, 0) is 6.18 Å². The number of amides is 1. The second-order valence-electron chi connectivity index (χ2n) is 8.93. The van der Waals surface area contributed by atoms with E-state index in [1.807, 2.05) is 6.92 Å². The summed E-state index contributed by atoms with van der Waals surface area (Å²) >= 11 is 0. The molecule has 3 aromatic heterocycles. The maximum absolute atomic E-state index is 13.5. The number of alkyl halides is 3. The van der Waals surface area contributed by atoms with Crippen molar-refractivity contribution in [3.8, 4) is 11.6 Å². The number of aryl methyl sites for hydroxylation is 1. The highest BCUT2D eigenvalue weighted by Crippen LogP contribution is 2.70. The first-order valence-corrected chi connectivity index (χ1v) is 10.6. The number of hydrogen-bond acceptors (Lipinski definition) is 6. The maximum Gasteiger partial charge on any atom is 0.417 e. The number of carbonyl (C=O) groups is 1. The highest BCUT2D eigenvalue weighted by Gasteiger charge is 2.76. The fourth-order valence-corrected chi connectivity index (χ4v) is 5.39. The monoisotopic (exact) mass is 456 g/mol. The number of nitrogens with zero attached hydrogens (tertiary/aromatic N) is 6. The van der Waals surface area contributed by atoms with Crippen LogP contribution in [-0.4, -0.2) is 54.5 Å². The van der Waals surface area contributed by atoms with Crippen molar-refractivity contribution in [2.45, 2.75) is 38.1 Å². The number of hydrogen-bond donors (Lipinski definition) is 0. The Hall–Kier alpha value is -3.50. The molecule has 3 aromatic rings. The minimum atomic E-state index is -4.45. The van der Waals surface area contributed by atoms with Crippen LogP contribution in [0.2, 0.25) is 0 Å². The Balaban J connectivity index is 1.26. The summed E-state index contributed by atoms with van der Waals surface area (Å²) in [5.74, 6) is 0.339. The smallest absolute Gasteiger partial charge is 0.417 e. The van der Waals surface area contributed by atoms with E-state index in [4.69, 9.17) is 4.74 Å². The fourth-order valence-electron chi connectivity index (χ4n) is 5.39. The van der Waals surface area contributed by atoms with Gasteiger partial charge in [0.25, 0.3) is 5.91 Å². The SMILES string of the molecule is Cc1ccc(-n2nccn2)c(C(=O)N2CC34CC3CC(Oc3ccc(C(F)(F)F)cn3)C24)n1. The van der Waals surface area contributed by atoms with Crippen molar-refractivity contribution in [3.63, 3.8) is 0 Å². The summed E-state index contributed by atoms with van der Waals surface area (Å²) < 4.78 is 44.5. The molecule has 4 heterocycles. The van der Waals surface area contributed by atoms with E-state index < -0.39 is 11.7 Å². The van der Waals surface area contributed by atoms with Crippen LogP contribution in [0.1, 0.15) is 34.6 Å². The van der Waals surface area contributed by atoms with Gasteiger partial charge in [-0.15, -0.1) is 4.80 Å². The number of halogens is 3. The highest BCUT2D eigenvalue weighted by molar-refractivity contribution is 5.97. The Morgan fingerprint density at radius 3 is 2.67 bits per heavy atom. The number of pyridine rings is 2. The van der Waals surface area contributed by atoms with E-state index in [0.717, 1.165) is 25.1 Å². The van der Waals surface area contributed by atoms with Crippen molar-refractivity contribution in [1.82, 2.24) is 29.9 Å². The van der Waals surface area contributed by atoms with Gasteiger partial charge in [-0.3, -0.25) is 4.79 Å². The average molecular weight is 456 g/mol. The van der Waals surface area contributed by atoms with Gasteiger partial charge >= 0.3 is 6.18 Å². The van der Waals surface area contributed by atoms with E-state index in [2.05, 4.69) is 20.2 Å². The first-order chi connectivity index (χ1) is 15.8. The molecule has 2 aliphatic carbocycles. The molecule has 1 amide bonds. The van der Waals surface area contributed by atoms with Crippen LogP contribution in [0.15, 0.2) is 42.9 Å². The molecule has 170 valence electrons. The van der Waals surface area contributed by atoms with Crippen LogP contribution >= 0.6 is 0 Å². The quantitative estimate of drug-likeness (QED) is 0.600. The summed E-state index contributed by atoms with van der Waals surface area (Å²) in [4.78, 5) is 25.0. The lowest BCUT2D eigenvalue weighted by Crippen LogP contribution is -2.64. The van der Waals surface area contributed by atoms with E-state index in [1.165, 1.54) is 23.3 Å². The van der Waals surface area contributed by atoms with Crippen molar-refractivity contribution in [1.29, 1.82) is 0 Å². The second kappa shape index (κ2) is 6.75. The van der Waals surface area contributed by atoms with Gasteiger partial charge in [0.1, 0.15) is 11.8 Å². The Labute approximate surface area is 186 Å². The predicted molar refractivity (Wildman–Crippen MR) is 108 cm³/mol. The minimum Gasteiger partial charge on any atom is -0.472 e. The summed E-state index contributed by atoms with van der Waals surface area (Å²) in [7, 11) is 0. The van der Waals surface area contributed by atoms with Crippen molar-refractivity contribution in [3.05, 3.63) is 59.8 Å². The zero-order valence-electron chi connectivity index (χ0n) is 17.5. The molecule has 0 radical (unpaired) electrons. The molecule has 0 aromatic carbocycles. The lowest BCUT2D eigenvalue weighted by Gasteiger charge is -2.49. The molecule has 8 nitrogen and oxygen atoms in total. The molecule has 1 saturated heterocycles. The van der Waals surface area contributed by atoms with Crippen molar-refractivity contribution in [2.24, 2.45) is 11.3 Å². The van der Waals surface area contributed by atoms with Crippen molar-refractivity contribution >= 4 is 5.91 Å². The first kappa shape index (κ1) is 20.1. The van der Waals surface area contributed by atoms with Gasteiger partial charge in [-0.25, -0.2) is 9.97 Å². The summed E-state index contributed by atoms with van der Waals surface area (Å²) in [6.45, 7) is 2.42. The van der Waals surface area contributed by atoms with Gasteiger partial charge in [-0.05, 0) is 43.9 Å². The molecule has 1 spiro atoms. The maximum atomic E-state index is 13.5. The van der Waals surface area contributed by atoms with Gasteiger partial charge in [0.2, 0.25) is 5.88 Å². The summed E-state index contributed by atoms with van der Waals surface area (Å²) in [5.41, 5.74) is 0.647. The van der Waals surface area contributed by atoms with Gasteiger partial charge in [-0.1, -0.05) is 0 Å². The van der Waals surface area contributed by atoms with Gasteiger partial charge < -0.3 is 9.64 Å². The molecular weight excluding hydrogens is 437 g/mol. The third-order valence-electron chi connectivity index (χ3n) is 6.98. The molecule has 1 aliphatic heterocycles. The summed E-state index contributed by atoms with van der Waals surface area (Å²) in [5, 5.41) is 8.26. The molecule has 6 rings (SSSR count). The summed E-state index contributed by atoms with van der Waals surface area (Å²) in [6.07, 6.45) is 0.803. The van der Waals surface area contributed by atoms with E-state index >= 15 is 0 Å². The Morgan fingerprint density at radius 2 is 1.97 bits per heavy atom. The summed E-state index contributed by atoms with van der Waals surface area (Å²) in [6, 6.07) is 5.58. The molecule has 0 bridgehead atoms. The Morgan fingerprint density at radius 1 is 1.18 bits per heavy atom. The number of likely N-dealkylation sites (tertiary alicyclic amines) is 1. The number of rotatable bonds is 4. The fraction of sp³-hybridized carbons (Fsp3) is 0.409. The average Bonchev–Trinajstić information content (AvgIpc) is 3.12. The highest BCUT2D eigenvalue weighted by atomic mass is 19.4. The molecule has 3 aliphatic rings. The Kier molecular flexibility index (Phi) is 4.12. The van der Waals surface area contributed by atoms with Gasteiger partial charge in [-0.2, -0.15) is 23.4 Å². The molecule has 4 unspecified atom stereocenters. The molecule has 33 heavy (non-hydrogen) atoms. The van der Waals surface area contributed by atoms with E-state index in [1.54, 1.807) is 17.0 Å². The van der Waals surface area contributed by atoms with Crippen LogP contribution in [0, 0.1) is 18.3 Å². The third kappa shape index (κ3) is 3.09. The Bertz CT molecular complexity index is 1230. The van der Waals surface area contributed by atoms with Crippen LogP contribution in [0.25, 0.3) is 5.69 Å². The van der Waals surface area contributed by atoms with Crippen LogP contribution in [0.4, 0.5) is 13.2 Å². The molecule has 3 fully saturated rings. The van der Waals surface area contributed by atoms with Crippen LogP contribution in [0.3, 0.4) is 0 Å². The normalized spacial score (nSPS) is 27.5. The standard InChI is InChI=1S/C22H19F3N6O2/c1-12-2-4-15(31-27-6-7-28-31)18(29-12)20(32)30-11-21-9-14(21)8-16(19(21)30)33-17-5-3-13(10-26-17)22(23,24)25/h2-7,10,14,16,19H,8-9,11H2,1H3. The zero-order chi connectivity index (χ0) is 23.0. The number of aromatic nitrogens is 5. The lowest BCUT2D eigenvalue weighted by atomic mass is 9.84. The van der Waals surface area contributed by atoms with Gasteiger partial charge in [0.05, 0.1) is 24.0 Å². The molecule has 4 atom stereocenters. The lowest BCUT2D eigenvalue weighted by molar-refractivity contribution is -0.137. The predicted octanol–water partition coefficient (Wildman–Crippen LogP) is 3.07. The largest absolute Gasteiger partial charge is 0.472 e. The van der Waals surface area contributed by atoms with E-state index in [9.17, 15) is 18.0 Å². The van der Waals surface area contributed by atoms with Gasteiger partial charge in [0, 0.05) is 29.9 Å². The van der Waals surface area contributed by atoms with E-state index in [-0.39, 0.29) is 35.0 Å². The van der Waals surface area contributed by atoms with Gasteiger partial charge in [0.15, 0.2) is 5.69 Å². The topological polar surface area (TPSA) is 86.0 Å². The number of ether oxygens (including phenoxy) is 1. The second-order valence-corrected chi connectivity index (χ2v) is 8.93. The molecule has 2 saturated carbocycles. The molecule has 0 N–H and O–H groups in total. The van der Waals surface area contributed by atoms with Crippen LogP contribution < -0.4 is 4.74 Å². The minimum absolute atomic E-state index is 0.0280. The molecular formula is C22H19F3N6O2. The van der Waals surface area contributed by atoms with E-state index in [0.29, 0.717) is 23.8 Å². The molecule has 11 heteroatoms. The van der Waals surface area contributed by atoms with Crippen molar-refractivity contribution in [2.75, 3.05) is 6.54 Å².